The summed E-state index contributed by atoms with van der Waals surface area (Å²) in [4.78, 5) is 0. The molecule has 0 amide bonds. The Bertz CT molecular complexity index is 330. The molecule has 0 aliphatic heterocycles. The summed E-state index contributed by atoms with van der Waals surface area (Å²) < 4.78 is 10.9. The van der Waals surface area contributed by atoms with E-state index in [0.717, 1.165) is 25.0 Å². The smallest absolute Gasteiger partial charge is 0.101 e. The highest BCUT2D eigenvalue weighted by Crippen LogP contribution is 2.13. The third-order valence-electron chi connectivity index (χ3n) is 5.44. The SMILES string of the molecule is C=C(C)CCOCC(O)COCCCCCCCCCCCCCCCCCC. The van der Waals surface area contributed by atoms with Gasteiger partial charge in [0.25, 0.3) is 0 Å². The standard InChI is InChI=1S/C26H52O3/c1-4-5-6-7-8-9-10-11-12-13-14-15-16-17-18-19-21-28-23-26(27)24-29-22-20-25(2)3/h26-27H,2,4-24H2,1,3H3. The molecule has 0 aliphatic carbocycles. The molecule has 174 valence electrons. The number of ether oxygens (including phenoxy) is 2. The lowest BCUT2D eigenvalue weighted by Gasteiger charge is -2.12. The second-order valence-electron chi connectivity index (χ2n) is 8.81. The van der Waals surface area contributed by atoms with Crippen LogP contribution in [0.15, 0.2) is 12.2 Å². The van der Waals surface area contributed by atoms with Crippen LogP contribution in [-0.2, 0) is 9.47 Å². The van der Waals surface area contributed by atoms with Crippen LogP contribution < -0.4 is 0 Å². The minimum atomic E-state index is -0.513. The van der Waals surface area contributed by atoms with Gasteiger partial charge in [0.2, 0.25) is 0 Å². The largest absolute Gasteiger partial charge is 0.388 e. The maximum atomic E-state index is 9.78. The van der Waals surface area contributed by atoms with Gasteiger partial charge in [-0.2, -0.15) is 0 Å². The first-order valence-electron chi connectivity index (χ1n) is 12.6. The highest BCUT2D eigenvalue weighted by Gasteiger charge is 2.04. The average Bonchev–Trinajstić information content (AvgIpc) is 2.70. The molecule has 3 heteroatoms. The van der Waals surface area contributed by atoms with Crippen molar-refractivity contribution < 1.29 is 14.6 Å². The first kappa shape index (κ1) is 28.6. The molecular formula is C26H52O3. The van der Waals surface area contributed by atoms with Crippen molar-refractivity contribution in [3.8, 4) is 0 Å². The Labute approximate surface area is 182 Å². The lowest BCUT2D eigenvalue weighted by atomic mass is 10.0. The molecule has 0 rings (SSSR count). The van der Waals surface area contributed by atoms with Gasteiger partial charge in [0.1, 0.15) is 6.10 Å². The molecule has 0 spiro atoms. The summed E-state index contributed by atoms with van der Waals surface area (Å²) in [7, 11) is 0. The Balaban J connectivity index is 3.10. The molecule has 1 unspecified atom stereocenters. The third kappa shape index (κ3) is 25.6. The van der Waals surface area contributed by atoms with E-state index in [0.29, 0.717) is 19.8 Å². The fourth-order valence-corrected chi connectivity index (χ4v) is 3.49. The van der Waals surface area contributed by atoms with E-state index in [1.807, 2.05) is 6.92 Å². The molecule has 1 N–H and O–H groups in total. The topological polar surface area (TPSA) is 38.7 Å². The van der Waals surface area contributed by atoms with Crippen LogP contribution in [0.5, 0.6) is 0 Å². The molecule has 0 aliphatic rings. The van der Waals surface area contributed by atoms with E-state index in [1.54, 1.807) is 0 Å². The summed E-state index contributed by atoms with van der Waals surface area (Å²) >= 11 is 0. The van der Waals surface area contributed by atoms with Crippen molar-refractivity contribution in [1.82, 2.24) is 0 Å². The van der Waals surface area contributed by atoms with E-state index in [9.17, 15) is 5.11 Å². The van der Waals surface area contributed by atoms with Crippen LogP contribution in [0.4, 0.5) is 0 Å². The quantitative estimate of drug-likeness (QED) is 0.131. The molecule has 0 saturated heterocycles. The van der Waals surface area contributed by atoms with Crippen LogP contribution in [0.25, 0.3) is 0 Å². The molecule has 0 radical (unpaired) electrons. The summed E-state index contributed by atoms with van der Waals surface area (Å²) in [6.07, 6.45) is 22.4. The summed E-state index contributed by atoms with van der Waals surface area (Å²) in [6, 6.07) is 0. The van der Waals surface area contributed by atoms with E-state index < -0.39 is 6.10 Å². The fraction of sp³-hybridized carbons (Fsp3) is 0.923. The van der Waals surface area contributed by atoms with Crippen molar-refractivity contribution in [3.63, 3.8) is 0 Å². The van der Waals surface area contributed by atoms with Crippen molar-refractivity contribution in [2.75, 3.05) is 26.4 Å². The van der Waals surface area contributed by atoms with E-state index in [-0.39, 0.29) is 0 Å². The third-order valence-corrected chi connectivity index (χ3v) is 5.44. The molecule has 1 atom stereocenters. The first-order valence-corrected chi connectivity index (χ1v) is 12.6. The van der Waals surface area contributed by atoms with E-state index in [4.69, 9.17) is 9.47 Å². The Kier molecular flexibility index (Phi) is 23.6. The van der Waals surface area contributed by atoms with Gasteiger partial charge in [-0.25, -0.2) is 0 Å². The summed E-state index contributed by atoms with van der Waals surface area (Å²) in [6.45, 7) is 10.2. The van der Waals surface area contributed by atoms with Gasteiger partial charge in [0, 0.05) is 6.61 Å². The first-order chi connectivity index (χ1) is 14.2. The second-order valence-corrected chi connectivity index (χ2v) is 8.81. The molecule has 29 heavy (non-hydrogen) atoms. The lowest BCUT2D eigenvalue weighted by Crippen LogP contribution is -2.22. The normalized spacial score (nSPS) is 12.4. The molecule has 3 nitrogen and oxygen atoms in total. The van der Waals surface area contributed by atoms with Crippen LogP contribution in [-0.4, -0.2) is 37.6 Å². The lowest BCUT2D eigenvalue weighted by molar-refractivity contribution is -0.0188. The zero-order valence-electron chi connectivity index (χ0n) is 19.9. The Morgan fingerprint density at radius 1 is 0.655 bits per heavy atom. The highest BCUT2D eigenvalue weighted by molar-refractivity contribution is 4.87. The maximum Gasteiger partial charge on any atom is 0.101 e. The average molecular weight is 413 g/mol. The number of hydrogen-bond donors (Lipinski definition) is 1. The summed E-state index contributed by atoms with van der Waals surface area (Å²) in [5.41, 5.74) is 1.11. The maximum absolute atomic E-state index is 9.78. The molecule has 0 saturated carbocycles. The van der Waals surface area contributed by atoms with Crippen LogP contribution in [0.3, 0.4) is 0 Å². The zero-order chi connectivity index (χ0) is 21.4. The number of hydrogen-bond acceptors (Lipinski definition) is 3. The van der Waals surface area contributed by atoms with Crippen molar-refractivity contribution in [2.45, 2.75) is 129 Å². The zero-order valence-corrected chi connectivity index (χ0v) is 19.9. The highest BCUT2D eigenvalue weighted by atomic mass is 16.5. The molecular weight excluding hydrogens is 360 g/mol. The van der Waals surface area contributed by atoms with Gasteiger partial charge in [-0.1, -0.05) is 109 Å². The van der Waals surface area contributed by atoms with Crippen molar-refractivity contribution in [3.05, 3.63) is 12.2 Å². The number of aliphatic hydroxyl groups is 1. The van der Waals surface area contributed by atoms with Gasteiger partial charge >= 0.3 is 0 Å². The van der Waals surface area contributed by atoms with E-state index >= 15 is 0 Å². The Morgan fingerprint density at radius 2 is 1.03 bits per heavy atom. The van der Waals surface area contributed by atoms with Crippen molar-refractivity contribution in [2.24, 2.45) is 0 Å². The number of rotatable bonds is 24. The molecule has 0 heterocycles. The number of aliphatic hydroxyl groups excluding tert-OH is 1. The minimum Gasteiger partial charge on any atom is -0.388 e. The minimum absolute atomic E-state index is 0.353. The van der Waals surface area contributed by atoms with Crippen LogP contribution in [0.1, 0.15) is 123 Å². The Hall–Kier alpha value is -0.380. The molecule has 0 bridgehead atoms. The van der Waals surface area contributed by atoms with Gasteiger partial charge in [-0.15, -0.1) is 6.58 Å². The van der Waals surface area contributed by atoms with Crippen LogP contribution in [0, 0.1) is 0 Å². The molecule has 0 aromatic heterocycles. The van der Waals surface area contributed by atoms with Crippen LogP contribution in [0.2, 0.25) is 0 Å². The fourth-order valence-electron chi connectivity index (χ4n) is 3.49. The van der Waals surface area contributed by atoms with Gasteiger partial charge < -0.3 is 14.6 Å². The number of unbranched alkanes of at least 4 members (excludes halogenated alkanes) is 15. The van der Waals surface area contributed by atoms with Crippen molar-refractivity contribution in [1.29, 1.82) is 0 Å². The van der Waals surface area contributed by atoms with Crippen LogP contribution >= 0.6 is 0 Å². The molecule has 0 aromatic carbocycles. The Morgan fingerprint density at radius 3 is 1.45 bits per heavy atom. The predicted molar refractivity (Wildman–Crippen MR) is 127 cm³/mol. The van der Waals surface area contributed by atoms with Gasteiger partial charge in [-0.05, 0) is 19.8 Å². The predicted octanol–water partition coefficient (Wildman–Crippen LogP) is 7.61. The molecule has 0 fully saturated rings. The van der Waals surface area contributed by atoms with Gasteiger partial charge in [-0.3, -0.25) is 0 Å². The second kappa shape index (κ2) is 23.9. The van der Waals surface area contributed by atoms with E-state index in [1.165, 1.54) is 96.3 Å². The van der Waals surface area contributed by atoms with Crippen molar-refractivity contribution >= 4 is 0 Å². The summed E-state index contributed by atoms with van der Waals surface area (Å²) in [5.74, 6) is 0. The van der Waals surface area contributed by atoms with E-state index in [2.05, 4.69) is 13.5 Å². The molecule has 0 aromatic rings. The monoisotopic (exact) mass is 412 g/mol. The van der Waals surface area contributed by atoms with Gasteiger partial charge in [0.05, 0.1) is 19.8 Å². The van der Waals surface area contributed by atoms with Gasteiger partial charge in [0.15, 0.2) is 0 Å². The summed E-state index contributed by atoms with van der Waals surface area (Å²) in [5, 5.41) is 9.78.